The van der Waals surface area contributed by atoms with Crippen molar-refractivity contribution in [2.24, 2.45) is 5.73 Å². The minimum absolute atomic E-state index is 0.0295. The van der Waals surface area contributed by atoms with Gasteiger partial charge in [0, 0.05) is 27.6 Å². The SMILES string of the molecule is CC1(C)c2ccccc2-c2ccc(-c3ccc4c(c3)c3ccccc3n4-c3cccc(/C(N)=C/C4=CCCC5=C4Cc4ccccc45)c3)cc21. The predicted octanol–water partition coefficient (Wildman–Crippen LogP) is 11.8. The summed E-state index contributed by atoms with van der Waals surface area (Å²) < 4.78 is 2.39. The lowest BCUT2D eigenvalue weighted by Gasteiger charge is -2.22. The van der Waals surface area contributed by atoms with Gasteiger partial charge < -0.3 is 10.3 Å². The molecule has 10 rings (SSSR count). The molecule has 0 amide bonds. The monoisotopic (exact) mass is 642 g/mol. The van der Waals surface area contributed by atoms with Crippen molar-refractivity contribution in [1.82, 2.24) is 4.57 Å². The summed E-state index contributed by atoms with van der Waals surface area (Å²) in [5.74, 6) is 0. The Morgan fingerprint density at radius 2 is 1.38 bits per heavy atom. The van der Waals surface area contributed by atoms with E-state index in [4.69, 9.17) is 5.73 Å². The molecule has 1 aromatic heterocycles. The highest BCUT2D eigenvalue weighted by atomic mass is 15.0. The van der Waals surface area contributed by atoms with Crippen LogP contribution in [0, 0.1) is 0 Å². The van der Waals surface area contributed by atoms with Crippen LogP contribution in [0.2, 0.25) is 0 Å². The zero-order chi connectivity index (χ0) is 33.6. The summed E-state index contributed by atoms with van der Waals surface area (Å²) >= 11 is 0. The van der Waals surface area contributed by atoms with Gasteiger partial charge in [-0.3, -0.25) is 0 Å². The quantitative estimate of drug-likeness (QED) is 0.203. The number of rotatable bonds is 4. The largest absolute Gasteiger partial charge is 0.398 e. The van der Waals surface area contributed by atoms with Crippen LogP contribution in [-0.2, 0) is 11.8 Å². The molecule has 1 heterocycles. The Morgan fingerprint density at radius 1 is 0.640 bits per heavy atom. The molecule has 0 atom stereocenters. The number of allylic oxidation sites excluding steroid dienone is 5. The van der Waals surface area contributed by atoms with Crippen LogP contribution in [0.4, 0.5) is 0 Å². The van der Waals surface area contributed by atoms with Crippen LogP contribution in [0.25, 0.3) is 61.0 Å². The molecule has 0 aliphatic heterocycles. The lowest BCUT2D eigenvalue weighted by atomic mass is 9.81. The van der Waals surface area contributed by atoms with Gasteiger partial charge in [0.05, 0.1) is 11.0 Å². The van der Waals surface area contributed by atoms with E-state index >= 15 is 0 Å². The Labute approximate surface area is 293 Å². The van der Waals surface area contributed by atoms with Gasteiger partial charge in [-0.1, -0.05) is 117 Å². The summed E-state index contributed by atoms with van der Waals surface area (Å²) in [4.78, 5) is 0. The first-order chi connectivity index (χ1) is 24.5. The van der Waals surface area contributed by atoms with Gasteiger partial charge in [0.25, 0.3) is 0 Å². The summed E-state index contributed by atoms with van der Waals surface area (Å²) in [6, 6.07) is 49.2. The average molecular weight is 643 g/mol. The Kier molecular flexibility index (Phi) is 6.30. The normalized spacial score (nSPS) is 16.0. The van der Waals surface area contributed by atoms with Crippen molar-refractivity contribution >= 4 is 33.1 Å². The number of para-hydroxylation sites is 1. The molecule has 6 aromatic carbocycles. The van der Waals surface area contributed by atoms with E-state index in [9.17, 15) is 0 Å². The van der Waals surface area contributed by atoms with Crippen LogP contribution < -0.4 is 5.73 Å². The Morgan fingerprint density at radius 3 is 2.30 bits per heavy atom. The fraction of sp³-hybridized carbons (Fsp3) is 0.125. The topological polar surface area (TPSA) is 30.9 Å². The van der Waals surface area contributed by atoms with Gasteiger partial charge in [-0.05, 0) is 129 Å². The molecule has 3 aliphatic rings. The van der Waals surface area contributed by atoms with Gasteiger partial charge in [-0.15, -0.1) is 0 Å². The molecule has 0 radical (unpaired) electrons. The minimum Gasteiger partial charge on any atom is -0.398 e. The van der Waals surface area contributed by atoms with Crippen LogP contribution in [0.5, 0.6) is 0 Å². The maximum absolute atomic E-state index is 6.92. The molecule has 50 heavy (non-hydrogen) atoms. The smallest absolute Gasteiger partial charge is 0.0541 e. The molecule has 0 spiro atoms. The standard InChI is InChI=1S/C48H38N2/c1-48(2)43-19-7-5-16-38(43)39-23-21-31(28-44(39)48)30-22-24-47-42(26-30)40-17-6-8-20-46(40)50(47)35-14-9-13-34(25-35)45(49)29-33-12-10-18-37-36-15-4-3-11-32(36)27-41(33)37/h3-9,11-17,19-26,28-29H,10,18,27,49H2,1-2H3/b45-29-. The van der Waals surface area contributed by atoms with Gasteiger partial charge in [-0.25, -0.2) is 0 Å². The third-order valence-electron chi connectivity index (χ3n) is 11.5. The number of nitrogens with zero attached hydrogens (tertiary/aromatic N) is 1. The second-order valence-corrected chi connectivity index (χ2v) is 14.7. The molecule has 3 aliphatic carbocycles. The molecule has 240 valence electrons. The van der Waals surface area contributed by atoms with Crippen molar-refractivity contribution in [3.8, 4) is 27.9 Å². The lowest BCUT2D eigenvalue weighted by molar-refractivity contribution is 0.660. The summed E-state index contributed by atoms with van der Waals surface area (Å²) in [5.41, 5.74) is 27.3. The molecular formula is C48H38N2. The number of nitrogens with two attached hydrogens (primary N) is 1. The number of hydrogen-bond donors (Lipinski definition) is 1. The van der Waals surface area contributed by atoms with Crippen LogP contribution in [0.1, 0.15) is 54.5 Å². The van der Waals surface area contributed by atoms with Crippen molar-refractivity contribution in [3.63, 3.8) is 0 Å². The molecule has 0 saturated carbocycles. The van der Waals surface area contributed by atoms with E-state index in [0.29, 0.717) is 0 Å². The van der Waals surface area contributed by atoms with Gasteiger partial charge in [-0.2, -0.15) is 0 Å². The molecule has 2 N–H and O–H groups in total. The average Bonchev–Trinajstić information content (AvgIpc) is 3.78. The molecule has 0 unspecified atom stereocenters. The third kappa shape index (κ3) is 4.28. The first-order valence-electron chi connectivity index (χ1n) is 17.8. The van der Waals surface area contributed by atoms with E-state index in [1.165, 1.54) is 83.0 Å². The highest BCUT2D eigenvalue weighted by Crippen LogP contribution is 2.50. The highest BCUT2D eigenvalue weighted by molar-refractivity contribution is 6.10. The van der Waals surface area contributed by atoms with Crippen LogP contribution >= 0.6 is 0 Å². The van der Waals surface area contributed by atoms with Crippen molar-refractivity contribution in [1.29, 1.82) is 0 Å². The predicted molar refractivity (Wildman–Crippen MR) is 210 cm³/mol. The Bertz CT molecular complexity index is 2660. The molecule has 0 bridgehead atoms. The molecule has 2 heteroatoms. The maximum atomic E-state index is 6.92. The van der Waals surface area contributed by atoms with E-state index in [2.05, 4.69) is 164 Å². The third-order valence-corrected chi connectivity index (χ3v) is 11.5. The van der Waals surface area contributed by atoms with Gasteiger partial charge in [0.2, 0.25) is 0 Å². The minimum atomic E-state index is -0.0295. The number of aromatic nitrogens is 1. The van der Waals surface area contributed by atoms with Crippen molar-refractivity contribution in [2.45, 2.75) is 38.5 Å². The Hall–Kier alpha value is -5.86. The molecular weight excluding hydrogens is 605 g/mol. The van der Waals surface area contributed by atoms with Gasteiger partial charge >= 0.3 is 0 Å². The summed E-state index contributed by atoms with van der Waals surface area (Å²) in [6.45, 7) is 4.70. The van der Waals surface area contributed by atoms with E-state index in [1.54, 1.807) is 0 Å². The number of fused-ring (bicyclic) bond motifs is 8. The summed E-state index contributed by atoms with van der Waals surface area (Å²) in [5, 5.41) is 2.50. The van der Waals surface area contributed by atoms with E-state index in [0.717, 1.165) is 36.2 Å². The highest BCUT2D eigenvalue weighted by Gasteiger charge is 2.35. The van der Waals surface area contributed by atoms with Gasteiger partial charge in [0.1, 0.15) is 0 Å². The first kappa shape index (κ1) is 29.1. The molecule has 0 fully saturated rings. The second-order valence-electron chi connectivity index (χ2n) is 14.7. The van der Waals surface area contributed by atoms with Crippen molar-refractivity contribution in [2.75, 3.05) is 0 Å². The molecule has 2 nitrogen and oxygen atoms in total. The fourth-order valence-corrected chi connectivity index (χ4v) is 9.02. The van der Waals surface area contributed by atoms with Gasteiger partial charge in [0.15, 0.2) is 0 Å². The summed E-state index contributed by atoms with van der Waals surface area (Å²) in [6.07, 6.45) is 7.71. The van der Waals surface area contributed by atoms with Crippen LogP contribution in [-0.4, -0.2) is 4.57 Å². The van der Waals surface area contributed by atoms with E-state index in [1.807, 2.05) is 0 Å². The fourth-order valence-electron chi connectivity index (χ4n) is 9.02. The summed E-state index contributed by atoms with van der Waals surface area (Å²) in [7, 11) is 0. The maximum Gasteiger partial charge on any atom is 0.0541 e. The zero-order valence-corrected chi connectivity index (χ0v) is 28.5. The Balaban J connectivity index is 1.04. The van der Waals surface area contributed by atoms with Crippen molar-refractivity contribution in [3.05, 3.63) is 185 Å². The van der Waals surface area contributed by atoms with Crippen LogP contribution in [0.15, 0.2) is 157 Å². The van der Waals surface area contributed by atoms with E-state index in [-0.39, 0.29) is 5.41 Å². The zero-order valence-electron chi connectivity index (χ0n) is 28.5. The number of benzene rings is 6. The van der Waals surface area contributed by atoms with Crippen LogP contribution in [0.3, 0.4) is 0 Å². The molecule has 0 saturated heterocycles. The first-order valence-corrected chi connectivity index (χ1v) is 17.8. The number of hydrogen-bond acceptors (Lipinski definition) is 1. The second kappa shape index (κ2) is 10.8. The lowest BCUT2D eigenvalue weighted by Crippen LogP contribution is -2.14. The van der Waals surface area contributed by atoms with Crippen molar-refractivity contribution < 1.29 is 0 Å². The van der Waals surface area contributed by atoms with E-state index < -0.39 is 0 Å². The molecule has 7 aromatic rings.